The third-order valence-electron chi connectivity index (χ3n) is 2.85. The number of phenolic OH excluding ortho intramolecular Hbond substituents is 1. The van der Waals surface area contributed by atoms with Crippen molar-refractivity contribution >= 4 is 17.7 Å². The molecule has 1 fully saturated rings. The van der Waals surface area contributed by atoms with Crippen LogP contribution in [0.15, 0.2) is 18.2 Å². The summed E-state index contributed by atoms with van der Waals surface area (Å²) in [5, 5.41) is 21.6. The first-order valence-electron chi connectivity index (χ1n) is 5.59. The van der Waals surface area contributed by atoms with E-state index in [1.54, 1.807) is 23.9 Å². The zero-order valence-corrected chi connectivity index (χ0v) is 10.7. The number of nitrogens with one attached hydrogen (secondary N) is 1. The van der Waals surface area contributed by atoms with Crippen molar-refractivity contribution in [1.82, 2.24) is 5.32 Å². The first-order valence-corrected chi connectivity index (χ1v) is 6.64. The van der Waals surface area contributed by atoms with Crippen LogP contribution in [0.3, 0.4) is 0 Å². The molecule has 98 valence electrons. The molecule has 6 heteroatoms. The molecule has 1 aliphatic rings. The van der Waals surface area contributed by atoms with Crippen LogP contribution in [0.5, 0.6) is 11.5 Å². The van der Waals surface area contributed by atoms with Crippen LogP contribution in [0.1, 0.15) is 17.4 Å². The highest BCUT2D eigenvalue weighted by Crippen LogP contribution is 2.36. The Morgan fingerprint density at radius 2 is 2.33 bits per heavy atom. The van der Waals surface area contributed by atoms with Crippen LogP contribution in [-0.2, 0) is 4.79 Å². The summed E-state index contributed by atoms with van der Waals surface area (Å²) in [5.74, 6) is 0.420. The number of methoxy groups -OCH3 is 1. The molecule has 0 spiro atoms. The van der Waals surface area contributed by atoms with Crippen molar-refractivity contribution in [2.75, 3.05) is 12.9 Å². The van der Waals surface area contributed by atoms with Gasteiger partial charge in [-0.15, -0.1) is 11.8 Å². The summed E-state index contributed by atoms with van der Waals surface area (Å²) in [6.45, 7) is 0. The second kappa shape index (κ2) is 5.49. The number of carboxylic acids is 1. The minimum atomic E-state index is -0.835. The Bertz CT molecular complexity index is 452. The fourth-order valence-corrected chi connectivity index (χ4v) is 3.08. The van der Waals surface area contributed by atoms with Gasteiger partial charge in [0.1, 0.15) is 6.04 Å². The third kappa shape index (κ3) is 2.70. The number of benzene rings is 1. The Balaban J connectivity index is 2.16. The van der Waals surface area contributed by atoms with Crippen LogP contribution in [-0.4, -0.2) is 35.1 Å². The van der Waals surface area contributed by atoms with Gasteiger partial charge in [0, 0.05) is 0 Å². The van der Waals surface area contributed by atoms with Crippen LogP contribution >= 0.6 is 11.8 Å². The Morgan fingerprint density at radius 3 is 2.94 bits per heavy atom. The minimum absolute atomic E-state index is 0.0647. The summed E-state index contributed by atoms with van der Waals surface area (Å²) in [6, 6.07) is 4.58. The fraction of sp³-hybridized carbons (Fsp3) is 0.417. The van der Waals surface area contributed by atoms with E-state index < -0.39 is 12.0 Å². The second-order valence-electron chi connectivity index (χ2n) is 4.03. The van der Waals surface area contributed by atoms with Crippen LogP contribution in [0, 0.1) is 0 Å². The first kappa shape index (κ1) is 13.0. The number of thioether (sulfide) groups is 1. The molecule has 2 rings (SSSR count). The Hall–Kier alpha value is -1.40. The molecule has 0 aliphatic carbocycles. The van der Waals surface area contributed by atoms with Crippen molar-refractivity contribution in [2.45, 2.75) is 17.8 Å². The van der Waals surface area contributed by atoms with Gasteiger partial charge in [0.2, 0.25) is 0 Å². The Morgan fingerprint density at radius 1 is 1.56 bits per heavy atom. The summed E-state index contributed by atoms with van der Waals surface area (Å²) in [6.07, 6.45) is 0.610. The molecule has 1 aliphatic heterocycles. The lowest BCUT2D eigenvalue weighted by Crippen LogP contribution is -2.41. The number of carbonyl (C=O) groups is 1. The van der Waals surface area contributed by atoms with Gasteiger partial charge in [0.25, 0.3) is 0 Å². The molecule has 18 heavy (non-hydrogen) atoms. The van der Waals surface area contributed by atoms with Crippen LogP contribution in [0.25, 0.3) is 0 Å². The molecule has 2 unspecified atom stereocenters. The molecule has 2 atom stereocenters. The monoisotopic (exact) mass is 269 g/mol. The van der Waals surface area contributed by atoms with Crippen molar-refractivity contribution < 1.29 is 19.7 Å². The predicted molar refractivity (Wildman–Crippen MR) is 69.0 cm³/mol. The van der Waals surface area contributed by atoms with E-state index in [4.69, 9.17) is 9.84 Å². The van der Waals surface area contributed by atoms with Gasteiger partial charge in [-0.1, -0.05) is 6.07 Å². The van der Waals surface area contributed by atoms with Gasteiger partial charge in [0.05, 0.1) is 12.5 Å². The highest BCUT2D eigenvalue weighted by molar-refractivity contribution is 7.99. The van der Waals surface area contributed by atoms with Crippen LogP contribution < -0.4 is 10.1 Å². The average Bonchev–Trinajstić information content (AvgIpc) is 2.38. The molecule has 0 amide bonds. The molecule has 1 heterocycles. The normalized spacial score (nSPS) is 23.6. The summed E-state index contributed by atoms with van der Waals surface area (Å²) < 4.78 is 4.98. The average molecular weight is 269 g/mol. The summed E-state index contributed by atoms with van der Waals surface area (Å²) >= 11 is 1.63. The number of aromatic hydroxyl groups is 1. The topological polar surface area (TPSA) is 78.8 Å². The van der Waals surface area contributed by atoms with Gasteiger partial charge >= 0.3 is 5.97 Å². The number of aliphatic carboxylic acids is 1. The van der Waals surface area contributed by atoms with Crippen molar-refractivity contribution in [1.29, 1.82) is 0 Å². The highest BCUT2D eigenvalue weighted by atomic mass is 32.2. The highest BCUT2D eigenvalue weighted by Gasteiger charge is 2.27. The van der Waals surface area contributed by atoms with Gasteiger partial charge < -0.3 is 14.9 Å². The van der Waals surface area contributed by atoms with Crippen molar-refractivity contribution in [2.24, 2.45) is 0 Å². The van der Waals surface area contributed by atoms with E-state index in [0.717, 1.165) is 11.3 Å². The Kier molecular flexibility index (Phi) is 3.98. The number of carboxylic acid groups (broad SMARTS) is 1. The largest absolute Gasteiger partial charge is 0.504 e. The van der Waals surface area contributed by atoms with E-state index in [2.05, 4.69) is 5.32 Å². The zero-order chi connectivity index (χ0) is 13.1. The zero-order valence-electron chi connectivity index (χ0n) is 9.92. The number of hydrogen-bond acceptors (Lipinski definition) is 5. The van der Waals surface area contributed by atoms with Crippen molar-refractivity contribution in [3.8, 4) is 11.5 Å². The summed E-state index contributed by atoms with van der Waals surface area (Å²) in [7, 11) is 1.49. The van der Waals surface area contributed by atoms with Gasteiger partial charge in [-0.2, -0.15) is 0 Å². The minimum Gasteiger partial charge on any atom is -0.504 e. The molecule has 1 aromatic rings. The van der Waals surface area contributed by atoms with Crippen LogP contribution in [0.4, 0.5) is 0 Å². The lowest BCUT2D eigenvalue weighted by atomic mass is 10.1. The molecule has 0 bridgehead atoms. The van der Waals surface area contributed by atoms with Gasteiger partial charge in [0.15, 0.2) is 11.5 Å². The summed E-state index contributed by atoms with van der Waals surface area (Å²) in [5.41, 5.74) is 0.851. The quantitative estimate of drug-likeness (QED) is 0.773. The van der Waals surface area contributed by atoms with Gasteiger partial charge in [-0.25, -0.2) is 0 Å². The van der Waals surface area contributed by atoms with Crippen LogP contribution in [0.2, 0.25) is 0 Å². The standard InChI is InChI=1S/C12H15NO4S/c1-17-10-3-2-7(6-9(10)14)11-13-8(12(15)16)4-5-18-11/h2-3,6,8,11,13-14H,4-5H2,1H3,(H,15,16). The molecule has 5 nitrogen and oxygen atoms in total. The van der Waals surface area contributed by atoms with E-state index in [1.165, 1.54) is 7.11 Å². The van der Waals surface area contributed by atoms with E-state index in [1.807, 2.05) is 6.07 Å². The molecule has 1 saturated heterocycles. The van der Waals surface area contributed by atoms with E-state index in [-0.39, 0.29) is 11.1 Å². The maximum absolute atomic E-state index is 11.0. The molecule has 3 N–H and O–H groups in total. The molecular weight excluding hydrogens is 254 g/mol. The third-order valence-corrected chi connectivity index (χ3v) is 4.06. The molecule has 1 aromatic carbocycles. The van der Waals surface area contributed by atoms with Crippen molar-refractivity contribution in [3.63, 3.8) is 0 Å². The maximum Gasteiger partial charge on any atom is 0.320 e. The predicted octanol–water partition coefficient (Wildman–Crippen LogP) is 1.58. The lowest BCUT2D eigenvalue weighted by molar-refractivity contribution is -0.139. The first-order chi connectivity index (χ1) is 8.61. The van der Waals surface area contributed by atoms with Gasteiger partial charge in [-0.3, -0.25) is 10.1 Å². The number of hydrogen-bond donors (Lipinski definition) is 3. The number of ether oxygens (including phenoxy) is 1. The summed E-state index contributed by atoms with van der Waals surface area (Å²) in [4.78, 5) is 11.0. The van der Waals surface area contributed by atoms with Gasteiger partial charge in [-0.05, 0) is 29.9 Å². The molecular formula is C12H15NO4S. The van der Waals surface area contributed by atoms with E-state index in [0.29, 0.717) is 12.2 Å². The van der Waals surface area contributed by atoms with E-state index >= 15 is 0 Å². The molecule has 0 saturated carbocycles. The number of rotatable bonds is 3. The fourth-order valence-electron chi connectivity index (χ4n) is 1.88. The maximum atomic E-state index is 11.0. The lowest BCUT2D eigenvalue weighted by Gasteiger charge is -2.28. The SMILES string of the molecule is COc1ccc(C2NC(C(=O)O)CCS2)cc1O. The van der Waals surface area contributed by atoms with Crippen molar-refractivity contribution in [3.05, 3.63) is 23.8 Å². The molecule has 0 aromatic heterocycles. The Labute approximate surface area is 109 Å². The molecule has 0 radical (unpaired) electrons. The number of phenols is 1. The van der Waals surface area contributed by atoms with E-state index in [9.17, 15) is 9.90 Å². The second-order valence-corrected chi connectivity index (χ2v) is 5.24. The smallest absolute Gasteiger partial charge is 0.320 e.